The van der Waals surface area contributed by atoms with E-state index in [2.05, 4.69) is 102 Å². The summed E-state index contributed by atoms with van der Waals surface area (Å²) in [6, 6.07) is 6.46. The smallest absolute Gasteiger partial charge is 0.229 e. The predicted octanol–water partition coefficient (Wildman–Crippen LogP) is 1.65. The second kappa shape index (κ2) is 4.98. The van der Waals surface area contributed by atoms with Gasteiger partial charge in [0, 0.05) is 38.6 Å². The van der Waals surface area contributed by atoms with Gasteiger partial charge in [0.1, 0.15) is 12.3 Å². The van der Waals surface area contributed by atoms with Gasteiger partial charge in [0.25, 0.3) is 0 Å². The SMILES string of the molecule is C[C@@H]1N(C)C=CN1c1cccc(N2C=CN(C)[C@@H]2C)[n+]1C. The summed E-state index contributed by atoms with van der Waals surface area (Å²) in [7, 11) is 6.33. The van der Waals surface area contributed by atoms with Crippen LogP contribution < -0.4 is 14.4 Å². The Kier molecular flexibility index (Phi) is 3.27. The molecule has 2 aliphatic heterocycles. The van der Waals surface area contributed by atoms with Crippen LogP contribution >= 0.6 is 0 Å². The predicted molar refractivity (Wildman–Crippen MR) is 85.3 cm³/mol. The minimum absolute atomic E-state index is 0.334. The molecule has 5 heteroatoms. The van der Waals surface area contributed by atoms with E-state index in [-0.39, 0.29) is 0 Å². The van der Waals surface area contributed by atoms with E-state index in [1.165, 1.54) is 11.6 Å². The van der Waals surface area contributed by atoms with E-state index in [1.807, 2.05) is 0 Å². The number of nitrogens with zero attached hydrogens (tertiary/aromatic N) is 5. The van der Waals surface area contributed by atoms with Crippen LogP contribution in [0.25, 0.3) is 0 Å². The fourth-order valence-corrected chi connectivity index (χ4v) is 2.86. The summed E-state index contributed by atoms with van der Waals surface area (Å²) in [4.78, 5) is 8.99. The molecule has 3 heterocycles. The van der Waals surface area contributed by atoms with Crippen molar-refractivity contribution in [2.75, 3.05) is 23.9 Å². The Morgan fingerprint density at radius 1 is 0.810 bits per heavy atom. The Morgan fingerprint density at radius 3 is 1.57 bits per heavy atom. The lowest BCUT2D eigenvalue weighted by Gasteiger charge is -2.27. The third-order valence-corrected chi connectivity index (χ3v) is 4.62. The highest BCUT2D eigenvalue weighted by Gasteiger charge is 2.31. The Balaban J connectivity index is 1.97. The average Bonchev–Trinajstić information content (AvgIpc) is 2.96. The van der Waals surface area contributed by atoms with Crippen molar-refractivity contribution in [3.05, 3.63) is 43.0 Å². The molecule has 0 N–H and O–H groups in total. The van der Waals surface area contributed by atoms with Crippen LogP contribution in [0.5, 0.6) is 0 Å². The first-order valence-corrected chi connectivity index (χ1v) is 7.37. The summed E-state index contributed by atoms with van der Waals surface area (Å²) >= 11 is 0. The maximum atomic E-state index is 2.29. The molecule has 0 unspecified atom stereocenters. The van der Waals surface area contributed by atoms with E-state index in [0.29, 0.717) is 12.3 Å². The second-order valence-electron chi connectivity index (χ2n) is 5.81. The van der Waals surface area contributed by atoms with E-state index in [9.17, 15) is 0 Å². The summed E-state index contributed by atoms with van der Waals surface area (Å²) in [5.41, 5.74) is 0. The van der Waals surface area contributed by atoms with E-state index < -0.39 is 0 Å². The lowest BCUT2D eigenvalue weighted by Crippen LogP contribution is -2.47. The molecule has 5 nitrogen and oxygen atoms in total. The van der Waals surface area contributed by atoms with Crippen LogP contribution in [0, 0.1) is 0 Å². The minimum Gasteiger partial charge on any atom is -0.346 e. The number of anilines is 2. The Bertz CT molecular complexity index is 546. The molecule has 0 fully saturated rings. The van der Waals surface area contributed by atoms with Crippen molar-refractivity contribution in [1.82, 2.24) is 9.80 Å². The molecule has 0 spiro atoms. The average molecular weight is 286 g/mol. The first-order valence-electron chi connectivity index (χ1n) is 7.37. The molecular weight excluding hydrogens is 262 g/mol. The van der Waals surface area contributed by atoms with Crippen LogP contribution in [0.3, 0.4) is 0 Å². The summed E-state index contributed by atoms with van der Waals surface area (Å²) in [6.45, 7) is 4.41. The summed E-state index contributed by atoms with van der Waals surface area (Å²) in [5.74, 6) is 2.38. The van der Waals surface area contributed by atoms with Crippen molar-refractivity contribution in [1.29, 1.82) is 0 Å². The van der Waals surface area contributed by atoms with E-state index >= 15 is 0 Å². The zero-order valence-electron chi connectivity index (χ0n) is 13.4. The highest BCUT2D eigenvalue weighted by molar-refractivity contribution is 5.47. The summed E-state index contributed by atoms with van der Waals surface area (Å²) < 4.78 is 2.25. The number of rotatable bonds is 2. The molecule has 21 heavy (non-hydrogen) atoms. The fraction of sp³-hybridized carbons (Fsp3) is 0.438. The maximum absolute atomic E-state index is 2.29. The van der Waals surface area contributed by atoms with Crippen LogP contribution in [-0.2, 0) is 7.05 Å². The molecule has 3 rings (SSSR count). The molecule has 0 saturated heterocycles. The lowest BCUT2D eigenvalue weighted by atomic mass is 10.3. The van der Waals surface area contributed by atoms with Gasteiger partial charge in [-0.25, -0.2) is 14.4 Å². The molecule has 2 atom stereocenters. The summed E-state index contributed by atoms with van der Waals surface area (Å²) in [5, 5.41) is 0. The molecule has 1 aromatic heterocycles. The summed E-state index contributed by atoms with van der Waals surface area (Å²) in [6.07, 6.45) is 9.17. The molecule has 0 aliphatic carbocycles. The zero-order chi connectivity index (χ0) is 15.1. The number of hydrogen-bond acceptors (Lipinski definition) is 4. The first-order chi connectivity index (χ1) is 10.0. The fourth-order valence-electron chi connectivity index (χ4n) is 2.86. The van der Waals surface area contributed by atoms with Crippen molar-refractivity contribution >= 4 is 11.6 Å². The van der Waals surface area contributed by atoms with Crippen molar-refractivity contribution in [3.8, 4) is 0 Å². The Hall–Kier alpha value is -2.17. The second-order valence-corrected chi connectivity index (χ2v) is 5.81. The van der Waals surface area contributed by atoms with Gasteiger partial charge in [0.2, 0.25) is 11.6 Å². The molecule has 0 radical (unpaired) electrons. The van der Waals surface area contributed by atoms with Gasteiger partial charge in [-0.3, -0.25) is 0 Å². The zero-order valence-corrected chi connectivity index (χ0v) is 13.4. The van der Waals surface area contributed by atoms with E-state index in [1.54, 1.807) is 0 Å². The lowest BCUT2D eigenvalue weighted by molar-refractivity contribution is -0.646. The van der Waals surface area contributed by atoms with Gasteiger partial charge in [-0.2, -0.15) is 0 Å². The van der Waals surface area contributed by atoms with Crippen LogP contribution in [0.4, 0.5) is 11.6 Å². The standard InChI is InChI=1S/C16H24N5/c1-13-17(3)9-11-20(13)15-7-6-8-16(19(15)5)21-12-10-18(4)14(21)2/h6-14H,1-5H3/q+1/t13-,14+. The van der Waals surface area contributed by atoms with Gasteiger partial charge in [-0.1, -0.05) is 0 Å². The van der Waals surface area contributed by atoms with Crippen molar-refractivity contribution < 1.29 is 4.57 Å². The monoisotopic (exact) mass is 286 g/mol. The molecule has 0 saturated carbocycles. The van der Waals surface area contributed by atoms with Crippen LogP contribution in [0.2, 0.25) is 0 Å². The van der Waals surface area contributed by atoms with Crippen LogP contribution in [0.1, 0.15) is 13.8 Å². The minimum atomic E-state index is 0.334. The molecule has 0 aromatic carbocycles. The van der Waals surface area contributed by atoms with Gasteiger partial charge >= 0.3 is 0 Å². The van der Waals surface area contributed by atoms with Crippen molar-refractivity contribution in [3.63, 3.8) is 0 Å². The maximum Gasteiger partial charge on any atom is 0.229 e. The highest BCUT2D eigenvalue weighted by atomic mass is 15.4. The topological polar surface area (TPSA) is 16.8 Å². The van der Waals surface area contributed by atoms with Crippen LogP contribution in [0.15, 0.2) is 43.0 Å². The Labute approximate surface area is 127 Å². The van der Waals surface area contributed by atoms with Crippen molar-refractivity contribution in [2.45, 2.75) is 26.2 Å². The normalized spacial score (nSPS) is 24.6. The quantitative estimate of drug-likeness (QED) is 0.769. The molecule has 112 valence electrons. The van der Waals surface area contributed by atoms with Gasteiger partial charge in [-0.05, 0) is 19.9 Å². The van der Waals surface area contributed by atoms with Gasteiger partial charge in [-0.15, -0.1) is 0 Å². The molecular formula is C16H24N5+. The van der Waals surface area contributed by atoms with Crippen molar-refractivity contribution in [2.24, 2.45) is 7.05 Å². The van der Waals surface area contributed by atoms with Gasteiger partial charge < -0.3 is 9.80 Å². The molecule has 0 amide bonds. The Morgan fingerprint density at radius 2 is 1.24 bits per heavy atom. The molecule has 1 aromatic rings. The van der Waals surface area contributed by atoms with Gasteiger partial charge in [0.15, 0.2) is 0 Å². The number of aromatic nitrogens is 1. The molecule has 2 aliphatic rings. The highest BCUT2D eigenvalue weighted by Crippen LogP contribution is 2.25. The van der Waals surface area contributed by atoms with Gasteiger partial charge in [0.05, 0.1) is 19.4 Å². The number of hydrogen-bond donors (Lipinski definition) is 0. The third-order valence-electron chi connectivity index (χ3n) is 4.62. The largest absolute Gasteiger partial charge is 0.346 e. The number of pyridine rings is 1. The third kappa shape index (κ3) is 2.13. The first kappa shape index (κ1) is 13.8. The van der Waals surface area contributed by atoms with Crippen LogP contribution in [-0.4, -0.2) is 36.2 Å². The molecule has 0 bridgehead atoms. The van der Waals surface area contributed by atoms with E-state index in [0.717, 1.165) is 0 Å². The van der Waals surface area contributed by atoms with E-state index in [4.69, 9.17) is 0 Å².